The fourth-order valence-corrected chi connectivity index (χ4v) is 4.47. The number of alkyl halides is 3. The first-order chi connectivity index (χ1) is 21.0. The van der Waals surface area contributed by atoms with E-state index in [-0.39, 0.29) is 41.9 Å². The number of nitrogens with one attached hydrogen (secondary N) is 1. The molecule has 0 aliphatic rings. The first kappa shape index (κ1) is 31.7. The minimum Gasteiger partial charge on any atom is -0.481 e. The maximum atomic E-state index is 13.7. The Morgan fingerprint density at radius 2 is 1.30 bits per heavy atom. The highest BCUT2D eigenvalue weighted by molar-refractivity contribution is 6.06. The number of hydrogen-bond acceptors (Lipinski definition) is 5. The van der Waals surface area contributed by atoms with Gasteiger partial charge in [-0.05, 0) is 59.7 Å². The van der Waals surface area contributed by atoms with Gasteiger partial charge in [0.25, 0.3) is 5.91 Å². The molecule has 0 aliphatic carbocycles. The van der Waals surface area contributed by atoms with Crippen LogP contribution in [0.15, 0.2) is 103 Å². The van der Waals surface area contributed by atoms with Crippen molar-refractivity contribution in [1.82, 2.24) is 5.32 Å². The van der Waals surface area contributed by atoms with Crippen LogP contribution in [0.3, 0.4) is 0 Å². The fraction of sp³-hybridized carbons (Fsp3) is 0.176. The quantitative estimate of drug-likeness (QED) is 0.159. The van der Waals surface area contributed by atoms with Crippen molar-refractivity contribution in [3.8, 4) is 11.5 Å². The van der Waals surface area contributed by atoms with Crippen LogP contribution in [0.2, 0.25) is 0 Å². The summed E-state index contributed by atoms with van der Waals surface area (Å²) in [4.78, 5) is 50.1. The van der Waals surface area contributed by atoms with Gasteiger partial charge in [-0.2, -0.15) is 13.2 Å². The molecule has 4 aromatic carbocycles. The molecule has 0 heterocycles. The van der Waals surface area contributed by atoms with Gasteiger partial charge in [0.15, 0.2) is 11.6 Å². The number of rotatable bonds is 13. The Labute approximate surface area is 251 Å². The molecule has 226 valence electrons. The molecular formula is C34H28F3NO6. The zero-order valence-corrected chi connectivity index (χ0v) is 23.3. The molecule has 2 N–H and O–H groups in total. The third kappa shape index (κ3) is 9.12. The molecule has 0 bridgehead atoms. The number of carboxylic acid groups (broad SMARTS) is 1. The highest BCUT2D eigenvalue weighted by Crippen LogP contribution is 2.29. The highest BCUT2D eigenvalue weighted by atomic mass is 19.4. The minimum atomic E-state index is -4.40. The van der Waals surface area contributed by atoms with Crippen LogP contribution >= 0.6 is 0 Å². The van der Waals surface area contributed by atoms with Gasteiger partial charge < -0.3 is 15.2 Å². The standard InChI is InChI=1S/C34H28F3NO6/c35-34(36,37)21-22-6-8-25(9-7-22)32(42)29(23-10-12-26(13-11-23)33(43)38-19-18-31(40)41)20-30(39)24-14-16-28(17-15-24)44-27-4-2-1-3-5-27/h1-17,29H,18-21H2,(H,38,43)(H,40,41). The Kier molecular flexibility index (Phi) is 10.3. The average molecular weight is 604 g/mol. The Balaban J connectivity index is 1.55. The second kappa shape index (κ2) is 14.3. The predicted octanol–water partition coefficient (Wildman–Crippen LogP) is 7.03. The third-order valence-electron chi connectivity index (χ3n) is 6.70. The number of hydrogen-bond donors (Lipinski definition) is 2. The number of aliphatic carboxylic acids is 1. The van der Waals surface area contributed by atoms with Gasteiger partial charge >= 0.3 is 12.1 Å². The second-order valence-electron chi connectivity index (χ2n) is 9.99. The van der Waals surface area contributed by atoms with Crippen LogP contribution in [-0.2, 0) is 11.2 Å². The summed E-state index contributed by atoms with van der Waals surface area (Å²) in [5, 5.41) is 11.3. The number of Topliss-reactive ketones (excluding diaryl/α,β-unsaturated/α-hetero) is 2. The van der Waals surface area contributed by atoms with E-state index >= 15 is 0 Å². The summed E-state index contributed by atoms with van der Waals surface area (Å²) in [7, 11) is 0. The lowest BCUT2D eigenvalue weighted by Crippen LogP contribution is -2.26. The van der Waals surface area contributed by atoms with Crippen LogP contribution < -0.4 is 10.1 Å². The lowest BCUT2D eigenvalue weighted by Gasteiger charge is -2.17. The van der Waals surface area contributed by atoms with Gasteiger partial charge in [0.1, 0.15) is 11.5 Å². The number of halogens is 3. The smallest absolute Gasteiger partial charge is 0.393 e. The second-order valence-corrected chi connectivity index (χ2v) is 9.99. The van der Waals surface area contributed by atoms with Gasteiger partial charge in [-0.3, -0.25) is 19.2 Å². The van der Waals surface area contributed by atoms with E-state index in [1.807, 2.05) is 18.2 Å². The van der Waals surface area contributed by atoms with Gasteiger partial charge in [0.2, 0.25) is 0 Å². The van der Waals surface area contributed by atoms with E-state index in [4.69, 9.17) is 9.84 Å². The molecule has 0 aliphatic heterocycles. The first-order valence-corrected chi connectivity index (χ1v) is 13.6. The van der Waals surface area contributed by atoms with E-state index < -0.39 is 36.2 Å². The van der Waals surface area contributed by atoms with Crippen molar-refractivity contribution < 1.29 is 42.2 Å². The molecule has 1 amide bonds. The molecule has 1 atom stereocenters. The molecule has 44 heavy (non-hydrogen) atoms. The topological polar surface area (TPSA) is 110 Å². The normalized spacial score (nSPS) is 11.8. The number of carbonyl (C=O) groups excluding carboxylic acids is 3. The van der Waals surface area contributed by atoms with Crippen LogP contribution in [0.25, 0.3) is 0 Å². The average Bonchev–Trinajstić information content (AvgIpc) is 3.00. The van der Waals surface area contributed by atoms with Crippen molar-refractivity contribution in [3.63, 3.8) is 0 Å². The molecule has 0 saturated heterocycles. The Morgan fingerprint density at radius 1 is 0.727 bits per heavy atom. The third-order valence-corrected chi connectivity index (χ3v) is 6.70. The van der Waals surface area contributed by atoms with Crippen molar-refractivity contribution in [2.45, 2.75) is 31.4 Å². The molecule has 0 saturated carbocycles. The number of para-hydroxylation sites is 1. The van der Waals surface area contributed by atoms with Crippen LogP contribution in [0.5, 0.6) is 11.5 Å². The summed E-state index contributed by atoms with van der Waals surface area (Å²) in [5.74, 6) is -2.25. The van der Waals surface area contributed by atoms with Crippen molar-refractivity contribution in [1.29, 1.82) is 0 Å². The summed E-state index contributed by atoms with van der Waals surface area (Å²) in [6.07, 6.45) is -6.02. The number of benzene rings is 4. The zero-order chi connectivity index (χ0) is 31.7. The van der Waals surface area contributed by atoms with E-state index in [1.54, 1.807) is 36.4 Å². The van der Waals surface area contributed by atoms with Gasteiger partial charge in [-0.25, -0.2) is 0 Å². The van der Waals surface area contributed by atoms with Crippen molar-refractivity contribution in [3.05, 3.63) is 131 Å². The summed E-state index contributed by atoms with van der Waals surface area (Å²) < 4.78 is 44.2. The number of carbonyl (C=O) groups is 4. The molecule has 4 rings (SSSR count). The number of carboxylic acids is 1. The van der Waals surface area contributed by atoms with Crippen molar-refractivity contribution in [2.75, 3.05) is 6.54 Å². The fourth-order valence-electron chi connectivity index (χ4n) is 4.47. The number of ether oxygens (including phenoxy) is 1. The zero-order valence-electron chi connectivity index (χ0n) is 23.3. The highest BCUT2D eigenvalue weighted by Gasteiger charge is 2.29. The maximum Gasteiger partial charge on any atom is 0.393 e. The largest absolute Gasteiger partial charge is 0.481 e. The summed E-state index contributed by atoms with van der Waals surface area (Å²) in [5.41, 5.74) is 1.11. The first-order valence-electron chi connectivity index (χ1n) is 13.6. The molecule has 0 radical (unpaired) electrons. The van der Waals surface area contributed by atoms with E-state index in [1.165, 1.54) is 48.5 Å². The molecular weight excluding hydrogens is 575 g/mol. The van der Waals surface area contributed by atoms with Gasteiger partial charge in [0.05, 0.1) is 18.8 Å². The van der Waals surface area contributed by atoms with Gasteiger partial charge in [0, 0.05) is 29.7 Å². The monoisotopic (exact) mass is 603 g/mol. The van der Waals surface area contributed by atoms with E-state index in [9.17, 15) is 32.3 Å². The molecule has 4 aromatic rings. The lowest BCUT2D eigenvalue weighted by atomic mass is 9.85. The van der Waals surface area contributed by atoms with E-state index in [0.29, 0.717) is 22.6 Å². The SMILES string of the molecule is O=C(O)CCNC(=O)c1ccc(C(CC(=O)c2ccc(Oc3ccccc3)cc2)C(=O)c2ccc(CC(F)(F)F)cc2)cc1. The minimum absolute atomic E-state index is 0.00208. The van der Waals surface area contributed by atoms with Crippen molar-refractivity contribution in [2.24, 2.45) is 0 Å². The lowest BCUT2D eigenvalue weighted by molar-refractivity contribution is -0.136. The molecule has 7 nitrogen and oxygen atoms in total. The van der Waals surface area contributed by atoms with Gasteiger partial charge in [-0.15, -0.1) is 0 Å². The summed E-state index contributed by atoms with van der Waals surface area (Å²) in [6.45, 7) is -0.0644. The number of amides is 1. The molecule has 0 aromatic heterocycles. The Hall–Kier alpha value is -5.25. The van der Waals surface area contributed by atoms with E-state index in [2.05, 4.69) is 5.32 Å². The van der Waals surface area contributed by atoms with Crippen LogP contribution in [0.1, 0.15) is 61.0 Å². The summed E-state index contributed by atoms with van der Waals surface area (Å²) >= 11 is 0. The molecule has 0 spiro atoms. The molecule has 10 heteroatoms. The molecule has 0 fully saturated rings. The predicted molar refractivity (Wildman–Crippen MR) is 156 cm³/mol. The molecule has 1 unspecified atom stereocenters. The number of ketones is 2. The summed E-state index contributed by atoms with van der Waals surface area (Å²) in [6, 6.07) is 26.6. The van der Waals surface area contributed by atoms with Crippen molar-refractivity contribution >= 4 is 23.4 Å². The Bertz CT molecular complexity index is 1600. The van der Waals surface area contributed by atoms with Gasteiger partial charge in [-0.1, -0.05) is 54.6 Å². The Morgan fingerprint density at radius 3 is 1.89 bits per heavy atom. The maximum absolute atomic E-state index is 13.7. The van der Waals surface area contributed by atoms with Crippen LogP contribution in [0.4, 0.5) is 13.2 Å². The van der Waals surface area contributed by atoms with Crippen LogP contribution in [-0.4, -0.2) is 41.3 Å². The van der Waals surface area contributed by atoms with E-state index in [0.717, 1.165) is 0 Å². The van der Waals surface area contributed by atoms with Crippen LogP contribution in [0, 0.1) is 0 Å².